The monoisotopic (exact) mass is 314 g/mol. The van der Waals surface area contributed by atoms with Crippen LogP contribution in [0.2, 0.25) is 0 Å². The zero-order valence-electron chi connectivity index (χ0n) is 13.3. The van der Waals surface area contributed by atoms with Crippen molar-refractivity contribution < 1.29 is 23.8 Å². The average Bonchev–Trinajstić information content (AvgIpc) is 2.60. The summed E-state index contributed by atoms with van der Waals surface area (Å²) in [6.07, 6.45) is 0.866. The van der Waals surface area contributed by atoms with Crippen LogP contribution in [0, 0.1) is 0 Å². The summed E-state index contributed by atoms with van der Waals surface area (Å²) in [6.45, 7) is 0. The van der Waals surface area contributed by atoms with Crippen LogP contribution in [0.25, 0.3) is 0 Å². The summed E-state index contributed by atoms with van der Waals surface area (Å²) in [5.74, 6) is 1.12. The number of carbonyl (C=O) groups excluding carboxylic acids is 2. The molecule has 2 aromatic carbocycles. The van der Waals surface area contributed by atoms with Crippen LogP contribution in [-0.2, 0) is 6.42 Å². The second-order valence-electron chi connectivity index (χ2n) is 4.83. The summed E-state index contributed by atoms with van der Waals surface area (Å²) < 4.78 is 15.7. The van der Waals surface area contributed by atoms with Gasteiger partial charge in [0.1, 0.15) is 6.29 Å². The first-order chi connectivity index (χ1) is 11.1. The minimum atomic E-state index is -0.140. The van der Waals surface area contributed by atoms with Crippen molar-refractivity contribution >= 4 is 12.1 Å². The van der Waals surface area contributed by atoms with Gasteiger partial charge in [-0.3, -0.25) is 9.59 Å². The Balaban J connectivity index is 2.37. The lowest BCUT2D eigenvalue weighted by Crippen LogP contribution is -2.07. The molecule has 0 aliphatic carbocycles. The van der Waals surface area contributed by atoms with Crippen LogP contribution in [0.1, 0.15) is 26.3 Å². The van der Waals surface area contributed by atoms with Gasteiger partial charge in [0.05, 0.1) is 21.3 Å². The van der Waals surface area contributed by atoms with Crippen LogP contribution in [-0.4, -0.2) is 33.4 Å². The van der Waals surface area contributed by atoms with Crippen LogP contribution >= 0.6 is 0 Å². The molecule has 120 valence electrons. The average molecular weight is 314 g/mol. The third-order valence-electron chi connectivity index (χ3n) is 3.52. The molecule has 0 aliphatic rings. The van der Waals surface area contributed by atoms with Crippen molar-refractivity contribution in [1.82, 2.24) is 0 Å². The quantitative estimate of drug-likeness (QED) is 0.581. The lowest BCUT2D eigenvalue weighted by molar-refractivity contribution is 0.0992. The Morgan fingerprint density at radius 1 is 1.00 bits per heavy atom. The predicted molar refractivity (Wildman–Crippen MR) is 86.0 cm³/mol. The van der Waals surface area contributed by atoms with E-state index in [-0.39, 0.29) is 12.2 Å². The Labute approximate surface area is 134 Å². The highest BCUT2D eigenvalue weighted by molar-refractivity contribution is 5.99. The molecule has 23 heavy (non-hydrogen) atoms. The van der Waals surface area contributed by atoms with E-state index in [2.05, 4.69) is 0 Å². The molecule has 0 unspecified atom stereocenters. The van der Waals surface area contributed by atoms with Gasteiger partial charge in [0.15, 0.2) is 17.3 Å². The first-order valence-electron chi connectivity index (χ1n) is 7.00. The standard InChI is InChI=1S/C18H18O5/c1-21-16-9-14(10-17(22-2)18(16)23-3)15(20)8-12-6-4-5-7-13(12)11-19/h4-7,9-11H,8H2,1-3H3. The number of rotatable bonds is 7. The highest BCUT2D eigenvalue weighted by Gasteiger charge is 2.17. The van der Waals surface area contributed by atoms with E-state index in [1.54, 1.807) is 36.4 Å². The maximum atomic E-state index is 12.6. The SMILES string of the molecule is COc1cc(C(=O)Cc2ccccc2C=O)cc(OC)c1OC. The van der Waals surface area contributed by atoms with Gasteiger partial charge in [0.25, 0.3) is 0 Å². The van der Waals surface area contributed by atoms with Gasteiger partial charge in [-0.05, 0) is 17.7 Å². The second kappa shape index (κ2) is 7.45. The van der Waals surface area contributed by atoms with Gasteiger partial charge in [-0.25, -0.2) is 0 Å². The van der Waals surface area contributed by atoms with Crippen molar-refractivity contribution in [3.63, 3.8) is 0 Å². The molecule has 0 atom stereocenters. The number of Topliss-reactive ketones (excluding diaryl/α,β-unsaturated/α-hetero) is 1. The predicted octanol–water partition coefficient (Wildman–Crippen LogP) is 2.95. The fraction of sp³-hybridized carbons (Fsp3) is 0.222. The molecule has 2 aromatic rings. The number of hydrogen-bond donors (Lipinski definition) is 0. The first-order valence-corrected chi connectivity index (χ1v) is 7.00. The number of carbonyl (C=O) groups is 2. The van der Waals surface area contributed by atoms with Crippen molar-refractivity contribution in [2.75, 3.05) is 21.3 Å². The van der Waals surface area contributed by atoms with E-state index in [1.165, 1.54) is 21.3 Å². The molecule has 0 fully saturated rings. The van der Waals surface area contributed by atoms with E-state index < -0.39 is 0 Å². The van der Waals surface area contributed by atoms with Gasteiger partial charge in [0, 0.05) is 17.5 Å². The van der Waals surface area contributed by atoms with E-state index in [0.717, 1.165) is 6.29 Å². The molecular weight excluding hydrogens is 296 g/mol. The highest BCUT2D eigenvalue weighted by atomic mass is 16.5. The number of aldehydes is 1. The molecule has 0 aliphatic heterocycles. The number of hydrogen-bond acceptors (Lipinski definition) is 5. The molecule has 0 aromatic heterocycles. The largest absolute Gasteiger partial charge is 0.493 e. The molecule has 0 bridgehead atoms. The van der Waals surface area contributed by atoms with Crippen LogP contribution in [0.3, 0.4) is 0 Å². The van der Waals surface area contributed by atoms with Gasteiger partial charge >= 0.3 is 0 Å². The van der Waals surface area contributed by atoms with Crippen molar-refractivity contribution in [3.05, 3.63) is 53.1 Å². The topological polar surface area (TPSA) is 61.8 Å². The normalized spacial score (nSPS) is 10.0. The van der Waals surface area contributed by atoms with Crippen molar-refractivity contribution in [2.24, 2.45) is 0 Å². The Morgan fingerprint density at radius 3 is 2.13 bits per heavy atom. The van der Waals surface area contributed by atoms with E-state index in [0.29, 0.717) is 33.9 Å². The van der Waals surface area contributed by atoms with E-state index in [1.807, 2.05) is 0 Å². The maximum Gasteiger partial charge on any atom is 0.203 e. The summed E-state index contributed by atoms with van der Waals surface area (Å²) >= 11 is 0. The fourth-order valence-electron chi connectivity index (χ4n) is 2.33. The summed E-state index contributed by atoms with van der Waals surface area (Å²) in [6, 6.07) is 10.2. The number of ether oxygens (including phenoxy) is 3. The molecule has 0 saturated carbocycles. The molecule has 5 heteroatoms. The van der Waals surface area contributed by atoms with Crippen molar-refractivity contribution in [3.8, 4) is 17.2 Å². The lowest BCUT2D eigenvalue weighted by Gasteiger charge is -2.14. The number of methoxy groups -OCH3 is 3. The summed E-state index contributed by atoms with van der Waals surface area (Å²) in [7, 11) is 4.49. The van der Waals surface area contributed by atoms with Crippen LogP contribution in [0.15, 0.2) is 36.4 Å². The van der Waals surface area contributed by atoms with Crippen LogP contribution in [0.5, 0.6) is 17.2 Å². The smallest absolute Gasteiger partial charge is 0.203 e. The third kappa shape index (κ3) is 3.51. The third-order valence-corrected chi connectivity index (χ3v) is 3.52. The molecule has 0 N–H and O–H groups in total. The Morgan fingerprint density at radius 2 is 1.61 bits per heavy atom. The second-order valence-corrected chi connectivity index (χ2v) is 4.83. The first kappa shape index (κ1) is 16.5. The van der Waals surface area contributed by atoms with Crippen molar-refractivity contribution in [1.29, 1.82) is 0 Å². The number of ketones is 1. The Hall–Kier alpha value is -2.82. The van der Waals surface area contributed by atoms with Gasteiger partial charge in [0.2, 0.25) is 5.75 Å². The van der Waals surface area contributed by atoms with Gasteiger partial charge in [-0.1, -0.05) is 24.3 Å². The minimum absolute atomic E-state index is 0.119. The van der Waals surface area contributed by atoms with Gasteiger partial charge in [-0.2, -0.15) is 0 Å². The van der Waals surface area contributed by atoms with E-state index in [4.69, 9.17) is 14.2 Å². The van der Waals surface area contributed by atoms with E-state index >= 15 is 0 Å². The molecular formula is C18H18O5. The molecule has 0 heterocycles. The van der Waals surface area contributed by atoms with Crippen LogP contribution < -0.4 is 14.2 Å². The number of benzene rings is 2. The molecule has 2 rings (SSSR count). The Bertz CT molecular complexity index is 696. The van der Waals surface area contributed by atoms with Gasteiger partial charge < -0.3 is 14.2 Å². The van der Waals surface area contributed by atoms with E-state index in [9.17, 15) is 9.59 Å². The molecule has 0 spiro atoms. The van der Waals surface area contributed by atoms with Gasteiger partial charge in [-0.15, -0.1) is 0 Å². The Kier molecular flexibility index (Phi) is 5.36. The maximum absolute atomic E-state index is 12.6. The zero-order valence-corrected chi connectivity index (χ0v) is 13.3. The molecule has 5 nitrogen and oxygen atoms in total. The summed E-state index contributed by atoms with van der Waals surface area (Å²) in [5.41, 5.74) is 1.62. The summed E-state index contributed by atoms with van der Waals surface area (Å²) in [4.78, 5) is 23.6. The summed E-state index contributed by atoms with van der Waals surface area (Å²) in [5, 5.41) is 0. The minimum Gasteiger partial charge on any atom is -0.493 e. The van der Waals surface area contributed by atoms with Crippen molar-refractivity contribution in [2.45, 2.75) is 6.42 Å². The lowest BCUT2D eigenvalue weighted by atomic mass is 9.99. The fourth-order valence-corrected chi connectivity index (χ4v) is 2.33. The molecule has 0 radical (unpaired) electrons. The molecule has 0 amide bonds. The zero-order chi connectivity index (χ0) is 16.8. The highest BCUT2D eigenvalue weighted by Crippen LogP contribution is 2.38. The molecule has 0 saturated heterocycles. The van der Waals surface area contributed by atoms with Crippen LogP contribution in [0.4, 0.5) is 0 Å².